The van der Waals surface area contributed by atoms with Crippen LogP contribution < -0.4 is 0 Å². The molecule has 0 unspecified atom stereocenters. The number of nitrogens with zero attached hydrogens (tertiary/aromatic N) is 2. The van der Waals surface area contributed by atoms with Crippen LogP contribution in [0.1, 0.15) is 24.0 Å². The molecule has 1 aliphatic rings. The van der Waals surface area contributed by atoms with Crippen molar-refractivity contribution >= 4 is 5.78 Å². The molecule has 0 N–H and O–H groups in total. The minimum Gasteiger partial charge on any atom is -0.465 e. The number of ether oxygens (including phenoxy) is 2. The van der Waals surface area contributed by atoms with Crippen molar-refractivity contribution in [2.75, 3.05) is 19.8 Å². The van der Waals surface area contributed by atoms with Crippen molar-refractivity contribution in [2.24, 2.45) is 0 Å². The Bertz CT molecular complexity index is 658. The number of benzene rings is 1. The summed E-state index contributed by atoms with van der Waals surface area (Å²) in [5.41, 5.74) is 1.20. The SMILES string of the molecule is CCOC1=C([C@H](C[N+](=O)[O-])c2ccc(C#N)cc2)C(=O)CO1. The molecule has 0 aliphatic carbocycles. The van der Waals surface area contributed by atoms with Crippen LogP contribution in [0.25, 0.3) is 0 Å². The lowest BCUT2D eigenvalue weighted by Crippen LogP contribution is -2.19. The standard InChI is InChI=1S/C15H14N2O5/c1-2-21-15-14(13(18)9-22-15)12(8-17(19)20)11-5-3-10(7-16)4-6-11/h3-6,12H,2,8-9H2,1H3/t12-/m1/s1. The molecule has 1 aromatic rings. The van der Waals surface area contributed by atoms with E-state index in [0.717, 1.165) is 0 Å². The zero-order valence-corrected chi connectivity index (χ0v) is 11.9. The van der Waals surface area contributed by atoms with Gasteiger partial charge in [-0.2, -0.15) is 5.26 Å². The molecule has 0 saturated heterocycles. The Morgan fingerprint density at radius 3 is 2.68 bits per heavy atom. The summed E-state index contributed by atoms with van der Waals surface area (Å²) in [6, 6.07) is 8.31. The molecule has 0 saturated carbocycles. The van der Waals surface area contributed by atoms with E-state index in [0.29, 0.717) is 17.7 Å². The monoisotopic (exact) mass is 302 g/mol. The molecule has 1 aliphatic heterocycles. The van der Waals surface area contributed by atoms with Gasteiger partial charge in [-0.15, -0.1) is 0 Å². The lowest BCUT2D eigenvalue weighted by molar-refractivity contribution is -0.481. The number of hydrogen-bond acceptors (Lipinski definition) is 6. The van der Waals surface area contributed by atoms with Gasteiger partial charge in [0.05, 0.1) is 29.7 Å². The second-order valence-corrected chi connectivity index (χ2v) is 4.65. The first-order chi connectivity index (χ1) is 10.6. The van der Waals surface area contributed by atoms with Gasteiger partial charge in [-0.3, -0.25) is 14.9 Å². The van der Waals surface area contributed by atoms with Crippen LogP contribution >= 0.6 is 0 Å². The first kappa shape index (κ1) is 15.5. The number of nitriles is 1. The van der Waals surface area contributed by atoms with E-state index >= 15 is 0 Å². The van der Waals surface area contributed by atoms with Crippen LogP contribution in [-0.4, -0.2) is 30.5 Å². The average molecular weight is 302 g/mol. The maximum Gasteiger partial charge on any atom is 0.287 e. The molecular formula is C15H14N2O5. The largest absolute Gasteiger partial charge is 0.465 e. The van der Waals surface area contributed by atoms with Crippen LogP contribution in [0.15, 0.2) is 35.8 Å². The Morgan fingerprint density at radius 2 is 2.14 bits per heavy atom. The van der Waals surface area contributed by atoms with Crippen molar-refractivity contribution in [1.82, 2.24) is 0 Å². The van der Waals surface area contributed by atoms with Crippen LogP contribution in [-0.2, 0) is 14.3 Å². The number of rotatable bonds is 6. The Labute approximate surface area is 126 Å². The predicted octanol–water partition coefficient (Wildman–Crippen LogP) is 1.77. The number of carbonyl (C=O) groups excluding carboxylic acids is 1. The molecule has 0 spiro atoms. The number of Topliss-reactive ketones (excluding diaryl/α,β-unsaturated/α-hetero) is 1. The summed E-state index contributed by atoms with van der Waals surface area (Å²) in [7, 11) is 0. The first-order valence-electron chi connectivity index (χ1n) is 6.71. The fourth-order valence-electron chi connectivity index (χ4n) is 2.29. The Balaban J connectivity index is 2.44. The van der Waals surface area contributed by atoms with Gasteiger partial charge < -0.3 is 9.47 Å². The second kappa shape index (κ2) is 6.72. The maximum atomic E-state index is 12.0. The highest BCUT2D eigenvalue weighted by molar-refractivity contribution is 5.99. The summed E-state index contributed by atoms with van der Waals surface area (Å²) >= 11 is 0. The zero-order valence-electron chi connectivity index (χ0n) is 11.9. The fourth-order valence-corrected chi connectivity index (χ4v) is 2.29. The molecule has 114 valence electrons. The fraction of sp³-hybridized carbons (Fsp3) is 0.333. The Hall–Kier alpha value is -2.88. The molecule has 1 aromatic carbocycles. The van der Waals surface area contributed by atoms with Gasteiger partial charge in [-0.05, 0) is 24.6 Å². The molecule has 7 nitrogen and oxygen atoms in total. The van der Waals surface area contributed by atoms with Crippen molar-refractivity contribution in [3.8, 4) is 6.07 Å². The minimum atomic E-state index is -0.765. The number of nitro groups is 1. The third-order valence-corrected chi connectivity index (χ3v) is 3.25. The van der Waals surface area contributed by atoms with E-state index in [1.807, 2.05) is 6.07 Å². The van der Waals surface area contributed by atoms with Crippen molar-refractivity contribution in [3.05, 3.63) is 57.0 Å². The average Bonchev–Trinajstić information content (AvgIpc) is 2.86. The van der Waals surface area contributed by atoms with E-state index in [-0.39, 0.29) is 23.9 Å². The molecular weight excluding hydrogens is 288 g/mol. The second-order valence-electron chi connectivity index (χ2n) is 4.65. The zero-order chi connectivity index (χ0) is 16.1. The quantitative estimate of drug-likeness (QED) is 0.586. The third-order valence-electron chi connectivity index (χ3n) is 3.25. The summed E-state index contributed by atoms with van der Waals surface area (Å²) in [4.78, 5) is 22.5. The van der Waals surface area contributed by atoms with Gasteiger partial charge in [0.25, 0.3) is 5.95 Å². The minimum absolute atomic E-state index is 0.0590. The van der Waals surface area contributed by atoms with E-state index in [2.05, 4.69) is 0 Å². The van der Waals surface area contributed by atoms with Crippen molar-refractivity contribution in [1.29, 1.82) is 5.26 Å². The third kappa shape index (κ3) is 3.23. The smallest absolute Gasteiger partial charge is 0.287 e. The number of hydrogen-bond donors (Lipinski definition) is 0. The molecule has 0 bridgehead atoms. The van der Waals surface area contributed by atoms with E-state index in [1.54, 1.807) is 31.2 Å². The molecule has 1 atom stereocenters. The van der Waals surface area contributed by atoms with Gasteiger partial charge in [0.2, 0.25) is 12.3 Å². The number of carbonyl (C=O) groups is 1. The van der Waals surface area contributed by atoms with Crippen LogP contribution in [0.3, 0.4) is 0 Å². The summed E-state index contributed by atoms with van der Waals surface area (Å²) < 4.78 is 10.5. The van der Waals surface area contributed by atoms with E-state index < -0.39 is 17.4 Å². The normalized spacial score (nSPS) is 15.2. The van der Waals surface area contributed by atoms with Crippen LogP contribution in [0.5, 0.6) is 0 Å². The van der Waals surface area contributed by atoms with Gasteiger partial charge in [0, 0.05) is 4.92 Å². The molecule has 0 fully saturated rings. The van der Waals surface area contributed by atoms with Gasteiger partial charge in [-0.1, -0.05) is 12.1 Å². The van der Waals surface area contributed by atoms with Crippen LogP contribution in [0.2, 0.25) is 0 Å². The van der Waals surface area contributed by atoms with E-state index in [4.69, 9.17) is 14.7 Å². The van der Waals surface area contributed by atoms with Gasteiger partial charge in [-0.25, -0.2) is 0 Å². The molecule has 22 heavy (non-hydrogen) atoms. The lowest BCUT2D eigenvalue weighted by atomic mass is 9.89. The summed E-state index contributed by atoms with van der Waals surface area (Å²) in [6.07, 6.45) is 0. The topological polar surface area (TPSA) is 102 Å². The van der Waals surface area contributed by atoms with Crippen LogP contribution in [0.4, 0.5) is 0 Å². The van der Waals surface area contributed by atoms with E-state index in [9.17, 15) is 14.9 Å². The molecule has 0 radical (unpaired) electrons. The van der Waals surface area contributed by atoms with E-state index in [1.165, 1.54) is 0 Å². The molecule has 7 heteroatoms. The van der Waals surface area contributed by atoms with Crippen molar-refractivity contribution in [3.63, 3.8) is 0 Å². The molecule has 0 amide bonds. The lowest BCUT2D eigenvalue weighted by Gasteiger charge is -2.14. The molecule has 0 aromatic heterocycles. The summed E-state index contributed by atoms with van der Waals surface area (Å²) in [5.74, 6) is -1.03. The first-order valence-corrected chi connectivity index (χ1v) is 6.71. The van der Waals surface area contributed by atoms with Gasteiger partial charge >= 0.3 is 0 Å². The highest BCUT2D eigenvalue weighted by Gasteiger charge is 2.36. The predicted molar refractivity (Wildman–Crippen MR) is 75.4 cm³/mol. The van der Waals surface area contributed by atoms with Crippen molar-refractivity contribution in [2.45, 2.75) is 12.8 Å². The highest BCUT2D eigenvalue weighted by atomic mass is 16.7. The highest BCUT2D eigenvalue weighted by Crippen LogP contribution is 2.32. The van der Waals surface area contributed by atoms with Gasteiger partial charge in [0.15, 0.2) is 6.61 Å². The maximum absolute atomic E-state index is 12.0. The van der Waals surface area contributed by atoms with Gasteiger partial charge in [0.1, 0.15) is 0 Å². The van der Waals surface area contributed by atoms with Crippen molar-refractivity contribution < 1.29 is 19.2 Å². The number of ketones is 1. The summed E-state index contributed by atoms with van der Waals surface area (Å²) in [5, 5.41) is 19.8. The molecule has 1 heterocycles. The Morgan fingerprint density at radius 1 is 1.45 bits per heavy atom. The Kier molecular flexibility index (Phi) is 4.73. The van der Waals surface area contributed by atoms with Crippen LogP contribution in [0, 0.1) is 21.4 Å². The summed E-state index contributed by atoms with van der Waals surface area (Å²) in [6.45, 7) is 1.41. The molecule has 2 rings (SSSR count).